The van der Waals surface area contributed by atoms with Crippen LogP contribution in [0.3, 0.4) is 0 Å². The zero-order chi connectivity index (χ0) is 32.4. The van der Waals surface area contributed by atoms with Gasteiger partial charge in [-0.15, -0.1) is 0 Å². The lowest BCUT2D eigenvalue weighted by Gasteiger charge is -2.35. The van der Waals surface area contributed by atoms with Crippen molar-refractivity contribution in [2.24, 2.45) is 0 Å². The second kappa shape index (κ2) is 9.49. The summed E-state index contributed by atoms with van der Waals surface area (Å²) >= 11 is 0. The molecule has 0 aromatic heterocycles. The number of hydrogen-bond donors (Lipinski definition) is 0. The van der Waals surface area contributed by atoms with Gasteiger partial charge in [-0.05, 0) is 125 Å². The molecule has 0 saturated heterocycles. The van der Waals surface area contributed by atoms with Crippen molar-refractivity contribution in [3.8, 4) is 22.6 Å². The van der Waals surface area contributed by atoms with Crippen LogP contribution in [0.1, 0.15) is 25.0 Å². The summed E-state index contributed by atoms with van der Waals surface area (Å²) in [7, 11) is 0. The van der Waals surface area contributed by atoms with Crippen LogP contribution >= 0.6 is 0 Å². The molecule has 1 heterocycles. The highest BCUT2D eigenvalue weighted by atomic mass is 16.5. The van der Waals surface area contributed by atoms with Gasteiger partial charge in [0, 0.05) is 11.1 Å². The average molecular weight is 626 g/mol. The Morgan fingerprint density at radius 3 is 1.59 bits per heavy atom. The Hall–Kier alpha value is -6.12. The predicted molar refractivity (Wildman–Crippen MR) is 206 cm³/mol. The molecule has 9 aromatic carbocycles. The molecule has 0 amide bonds. The van der Waals surface area contributed by atoms with Gasteiger partial charge in [-0.3, -0.25) is 0 Å². The molecule has 0 unspecified atom stereocenters. The average Bonchev–Trinajstić information content (AvgIpc) is 3.35. The maximum atomic E-state index is 6.91. The molecule has 49 heavy (non-hydrogen) atoms. The second-order valence-electron chi connectivity index (χ2n) is 14.2. The molecular weight excluding hydrogens is 595 g/mol. The first-order valence-electron chi connectivity index (χ1n) is 17.1. The highest BCUT2D eigenvalue weighted by molar-refractivity contribution is 6.26. The van der Waals surface area contributed by atoms with Gasteiger partial charge in [0.15, 0.2) is 11.5 Å². The number of benzene rings is 9. The minimum absolute atomic E-state index is 0.209. The molecule has 0 radical (unpaired) electrons. The smallest absolute Gasteiger partial charge is 0.152 e. The zero-order valence-corrected chi connectivity index (χ0v) is 27.3. The molecule has 2 nitrogen and oxygen atoms in total. The first kappa shape index (κ1) is 26.9. The van der Waals surface area contributed by atoms with Crippen LogP contribution in [-0.2, 0) is 5.41 Å². The minimum Gasteiger partial charge on any atom is -0.453 e. The molecule has 11 rings (SSSR count). The second-order valence-corrected chi connectivity index (χ2v) is 14.2. The van der Waals surface area contributed by atoms with Gasteiger partial charge in [-0.25, -0.2) is 0 Å². The van der Waals surface area contributed by atoms with Crippen molar-refractivity contribution in [2.75, 3.05) is 4.90 Å². The van der Waals surface area contributed by atoms with Crippen LogP contribution in [-0.4, -0.2) is 0 Å². The third-order valence-corrected chi connectivity index (χ3v) is 11.1. The van der Waals surface area contributed by atoms with Crippen LogP contribution in [0.4, 0.5) is 17.1 Å². The lowest BCUT2D eigenvalue weighted by molar-refractivity contribution is 0.477. The van der Waals surface area contributed by atoms with E-state index in [1.54, 1.807) is 0 Å². The SMILES string of the molecule is CC1(C)c2cc3c(cc2-c2cc4c5ccccc5c5ccccc5c4cc21)Oc1cc2ccccc2cc1N3c1ccc2ccccc2c1. The van der Waals surface area contributed by atoms with Crippen molar-refractivity contribution in [1.82, 2.24) is 0 Å². The van der Waals surface area contributed by atoms with E-state index in [0.29, 0.717) is 0 Å². The van der Waals surface area contributed by atoms with Crippen molar-refractivity contribution < 1.29 is 4.74 Å². The number of rotatable bonds is 1. The Bertz CT molecular complexity index is 2900. The number of anilines is 3. The summed E-state index contributed by atoms with van der Waals surface area (Å²) in [5.74, 6) is 1.74. The molecule has 0 N–H and O–H groups in total. The lowest BCUT2D eigenvalue weighted by atomic mass is 9.81. The summed E-state index contributed by atoms with van der Waals surface area (Å²) < 4.78 is 6.91. The molecule has 9 aromatic rings. The molecule has 2 aliphatic rings. The summed E-state index contributed by atoms with van der Waals surface area (Å²) in [6.07, 6.45) is 0. The van der Waals surface area contributed by atoms with Crippen LogP contribution in [0, 0.1) is 0 Å². The van der Waals surface area contributed by atoms with Crippen molar-refractivity contribution >= 4 is 70.9 Å². The molecule has 0 spiro atoms. The molecule has 0 fully saturated rings. The van der Waals surface area contributed by atoms with Gasteiger partial charge in [0.1, 0.15) is 0 Å². The standard InChI is InChI=1S/C47H31NO/c1-47(2)41-25-38-36-18-10-8-16-34(36)33-15-7-9-17-35(33)37(38)24-39(41)40-26-46-44(27-42(40)47)48(32-20-19-28-11-3-4-12-29(28)21-32)43-22-30-13-5-6-14-31(30)23-45(43)49-46/h3-27H,1-2H3. The molecule has 230 valence electrons. The Labute approximate surface area is 284 Å². The van der Waals surface area contributed by atoms with Crippen molar-refractivity contribution in [2.45, 2.75) is 19.3 Å². The number of ether oxygens (including phenoxy) is 1. The topological polar surface area (TPSA) is 12.5 Å². The van der Waals surface area contributed by atoms with Gasteiger partial charge in [-0.2, -0.15) is 0 Å². The Morgan fingerprint density at radius 2 is 0.898 bits per heavy atom. The van der Waals surface area contributed by atoms with Crippen molar-refractivity contribution in [3.05, 3.63) is 163 Å². The molecule has 0 saturated carbocycles. The predicted octanol–water partition coefficient (Wildman–Crippen LogP) is 13.3. The third kappa shape index (κ3) is 3.66. The van der Waals surface area contributed by atoms with Gasteiger partial charge in [-0.1, -0.05) is 117 Å². The number of nitrogens with zero attached hydrogens (tertiary/aromatic N) is 1. The fourth-order valence-electron chi connectivity index (χ4n) is 8.71. The monoisotopic (exact) mass is 625 g/mol. The van der Waals surface area contributed by atoms with Crippen LogP contribution in [0.15, 0.2) is 152 Å². The Kier molecular flexibility index (Phi) is 5.21. The largest absolute Gasteiger partial charge is 0.453 e. The van der Waals surface area contributed by atoms with Gasteiger partial charge in [0.2, 0.25) is 0 Å². The first-order valence-corrected chi connectivity index (χ1v) is 17.1. The summed E-state index contributed by atoms with van der Waals surface area (Å²) in [4.78, 5) is 2.41. The van der Waals surface area contributed by atoms with Crippen LogP contribution in [0.25, 0.3) is 65.0 Å². The fraction of sp³-hybridized carbons (Fsp3) is 0.0638. The molecule has 1 aliphatic heterocycles. The summed E-state index contributed by atoms with van der Waals surface area (Å²) in [5, 5.41) is 12.6. The van der Waals surface area contributed by atoms with E-state index in [1.807, 2.05) is 0 Å². The maximum Gasteiger partial charge on any atom is 0.152 e. The van der Waals surface area contributed by atoms with E-state index < -0.39 is 0 Å². The summed E-state index contributed by atoms with van der Waals surface area (Å²) in [5.41, 5.74) is 8.26. The molecule has 1 aliphatic carbocycles. The van der Waals surface area contributed by atoms with E-state index in [4.69, 9.17) is 4.74 Å². The highest BCUT2D eigenvalue weighted by Gasteiger charge is 2.39. The number of hydrogen-bond acceptors (Lipinski definition) is 2. The number of fused-ring (bicyclic) bond motifs is 13. The molecule has 2 heteroatoms. The van der Waals surface area contributed by atoms with E-state index in [0.717, 1.165) is 28.6 Å². The van der Waals surface area contributed by atoms with Gasteiger partial charge >= 0.3 is 0 Å². The molecular formula is C47H31NO. The van der Waals surface area contributed by atoms with Gasteiger partial charge in [0.25, 0.3) is 0 Å². The van der Waals surface area contributed by atoms with Crippen LogP contribution in [0.2, 0.25) is 0 Å². The maximum absolute atomic E-state index is 6.91. The first-order chi connectivity index (χ1) is 24.0. The Morgan fingerprint density at radius 1 is 0.408 bits per heavy atom. The van der Waals surface area contributed by atoms with E-state index in [2.05, 4.69) is 170 Å². The highest BCUT2D eigenvalue weighted by Crippen LogP contribution is 2.58. The van der Waals surface area contributed by atoms with E-state index in [9.17, 15) is 0 Å². The Balaban J connectivity index is 1.19. The quantitative estimate of drug-likeness (QED) is 0.168. The van der Waals surface area contributed by atoms with Gasteiger partial charge in [0.05, 0.1) is 11.4 Å². The van der Waals surface area contributed by atoms with Crippen LogP contribution < -0.4 is 9.64 Å². The van der Waals surface area contributed by atoms with E-state index in [1.165, 1.54) is 76.1 Å². The van der Waals surface area contributed by atoms with E-state index >= 15 is 0 Å². The summed E-state index contributed by atoms with van der Waals surface area (Å²) in [6.45, 7) is 4.76. The van der Waals surface area contributed by atoms with Crippen molar-refractivity contribution in [3.63, 3.8) is 0 Å². The zero-order valence-electron chi connectivity index (χ0n) is 27.3. The lowest BCUT2D eigenvalue weighted by Crippen LogP contribution is -2.19. The third-order valence-electron chi connectivity index (χ3n) is 11.1. The van der Waals surface area contributed by atoms with Crippen molar-refractivity contribution in [1.29, 1.82) is 0 Å². The van der Waals surface area contributed by atoms with E-state index in [-0.39, 0.29) is 5.41 Å². The normalized spacial score (nSPS) is 14.2. The fourth-order valence-corrected chi connectivity index (χ4v) is 8.71. The molecule has 0 atom stereocenters. The molecule has 0 bridgehead atoms. The van der Waals surface area contributed by atoms with Crippen LogP contribution in [0.5, 0.6) is 11.5 Å². The minimum atomic E-state index is -0.209. The van der Waals surface area contributed by atoms with Gasteiger partial charge < -0.3 is 9.64 Å². The summed E-state index contributed by atoms with van der Waals surface area (Å²) in [6, 6.07) is 55.7.